The Hall–Kier alpha value is -4.31. The fraction of sp³-hybridized carbons (Fsp3) is 0.120. The van der Waals surface area contributed by atoms with Gasteiger partial charge in [0, 0.05) is 23.2 Å². The molecule has 5 rings (SSSR count). The number of amides is 4. The van der Waals surface area contributed by atoms with Crippen LogP contribution < -0.4 is 16.0 Å². The van der Waals surface area contributed by atoms with E-state index in [9.17, 15) is 27.6 Å². The Kier molecular flexibility index (Phi) is 5.06. The van der Waals surface area contributed by atoms with Crippen molar-refractivity contribution in [1.29, 1.82) is 0 Å². The molecule has 10 heteroatoms. The molecule has 1 atom stereocenters. The molecule has 9 nitrogen and oxygen atoms in total. The first-order chi connectivity index (χ1) is 16.6. The van der Waals surface area contributed by atoms with Gasteiger partial charge in [-0.3, -0.25) is 19.7 Å². The third-order valence-corrected chi connectivity index (χ3v) is 8.05. The van der Waals surface area contributed by atoms with E-state index < -0.39 is 39.0 Å². The summed E-state index contributed by atoms with van der Waals surface area (Å²) >= 11 is 0. The summed E-state index contributed by atoms with van der Waals surface area (Å²) in [4.78, 5) is 49.1. The van der Waals surface area contributed by atoms with Crippen molar-refractivity contribution in [1.82, 2.24) is 16.0 Å². The summed E-state index contributed by atoms with van der Waals surface area (Å²) < 4.78 is 26.2. The van der Waals surface area contributed by atoms with E-state index in [4.69, 9.17) is 0 Å². The fourth-order valence-corrected chi connectivity index (χ4v) is 5.93. The predicted molar refractivity (Wildman–Crippen MR) is 123 cm³/mol. The summed E-state index contributed by atoms with van der Waals surface area (Å²) in [6.07, 6.45) is 0. The Morgan fingerprint density at radius 3 is 2.40 bits per heavy atom. The number of carbonyl (C=O) groups excluding carboxylic acids is 4. The van der Waals surface area contributed by atoms with Gasteiger partial charge in [-0.2, -0.15) is 0 Å². The van der Waals surface area contributed by atoms with Crippen molar-refractivity contribution >= 4 is 33.5 Å². The molecule has 1 unspecified atom stereocenters. The average molecular weight is 490 g/mol. The summed E-state index contributed by atoms with van der Waals surface area (Å²) in [5.41, 5.74) is 0.207. The van der Waals surface area contributed by atoms with Crippen molar-refractivity contribution in [3.8, 4) is 0 Å². The molecule has 2 aliphatic rings. The van der Waals surface area contributed by atoms with Crippen LogP contribution in [0.25, 0.3) is 0 Å². The number of hydrogen-bond acceptors (Lipinski definition) is 6. The third-order valence-electron chi connectivity index (χ3n) is 6.20. The number of benzene rings is 3. The second kappa shape index (κ2) is 7.88. The number of ketones is 1. The van der Waals surface area contributed by atoms with E-state index in [1.165, 1.54) is 30.3 Å². The van der Waals surface area contributed by atoms with E-state index >= 15 is 0 Å². The van der Waals surface area contributed by atoms with Gasteiger partial charge in [0.25, 0.3) is 11.8 Å². The predicted octanol–water partition coefficient (Wildman–Crippen LogP) is 2.05. The molecule has 3 aromatic rings. The Bertz CT molecular complexity index is 1560. The van der Waals surface area contributed by atoms with Crippen molar-refractivity contribution in [3.05, 3.63) is 94.5 Å². The zero-order chi connectivity index (χ0) is 25.0. The normalized spacial score (nSPS) is 19.9. The zero-order valence-corrected chi connectivity index (χ0v) is 19.2. The van der Waals surface area contributed by atoms with E-state index in [0.29, 0.717) is 11.1 Å². The maximum atomic E-state index is 13.1. The molecule has 3 N–H and O–H groups in total. The lowest BCUT2D eigenvalue weighted by molar-refractivity contribution is -0.123. The largest absolute Gasteiger partial charge is 0.348 e. The number of sulfone groups is 1. The van der Waals surface area contributed by atoms with Crippen LogP contribution in [0, 0.1) is 0 Å². The van der Waals surface area contributed by atoms with E-state index in [1.807, 2.05) is 0 Å². The van der Waals surface area contributed by atoms with Gasteiger partial charge in [0.05, 0.1) is 9.79 Å². The van der Waals surface area contributed by atoms with E-state index in [-0.39, 0.29) is 33.0 Å². The second-order valence-electron chi connectivity index (χ2n) is 8.46. The van der Waals surface area contributed by atoms with Crippen molar-refractivity contribution < 1.29 is 27.6 Å². The Morgan fingerprint density at radius 1 is 0.914 bits per heavy atom. The van der Waals surface area contributed by atoms with Gasteiger partial charge in [-0.05, 0) is 48.4 Å². The summed E-state index contributed by atoms with van der Waals surface area (Å²) in [6.45, 7) is 1.67. The van der Waals surface area contributed by atoms with Gasteiger partial charge in [-0.1, -0.05) is 36.4 Å². The second-order valence-corrected chi connectivity index (χ2v) is 10.3. The molecule has 1 fully saturated rings. The molecule has 0 aromatic heterocycles. The molecule has 0 aliphatic carbocycles. The van der Waals surface area contributed by atoms with Crippen LogP contribution in [0.3, 0.4) is 0 Å². The maximum Gasteiger partial charge on any atom is 0.322 e. The maximum absolute atomic E-state index is 13.1. The highest BCUT2D eigenvalue weighted by atomic mass is 32.2. The van der Waals surface area contributed by atoms with Crippen LogP contribution in [-0.4, -0.2) is 32.0 Å². The molecule has 3 aromatic carbocycles. The third kappa shape index (κ3) is 3.58. The first-order valence-corrected chi connectivity index (χ1v) is 12.1. The van der Waals surface area contributed by atoms with Gasteiger partial charge >= 0.3 is 6.03 Å². The number of nitrogens with one attached hydrogen (secondary N) is 3. The Morgan fingerprint density at radius 2 is 1.66 bits per heavy atom. The van der Waals surface area contributed by atoms with Crippen LogP contribution in [0.15, 0.2) is 76.5 Å². The SMILES string of the molecule is CC1(c2cccc(CNC(=O)c3ccc4c(c3)S(=O)(=O)c3ccccc3C4=O)c2)NC(=O)NC1=O. The molecule has 0 bridgehead atoms. The lowest BCUT2D eigenvalue weighted by Crippen LogP contribution is -2.40. The highest BCUT2D eigenvalue weighted by Gasteiger charge is 2.43. The van der Waals surface area contributed by atoms with Crippen molar-refractivity contribution in [2.75, 3.05) is 0 Å². The van der Waals surface area contributed by atoms with Gasteiger partial charge in [0.15, 0.2) is 5.78 Å². The van der Waals surface area contributed by atoms with Gasteiger partial charge in [-0.25, -0.2) is 13.2 Å². The highest BCUT2D eigenvalue weighted by molar-refractivity contribution is 7.91. The van der Waals surface area contributed by atoms with E-state index in [0.717, 1.165) is 0 Å². The van der Waals surface area contributed by atoms with Crippen molar-refractivity contribution in [2.45, 2.75) is 28.8 Å². The zero-order valence-electron chi connectivity index (χ0n) is 18.4. The molecule has 35 heavy (non-hydrogen) atoms. The molecule has 176 valence electrons. The van der Waals surface area contributed by atoms with Crippen LogP contribution in [0.4, 0.5) is 4.79 Å². The van der Waals surface area contributed by atoms with Crippen LogP contribution in [0.5, 0.6) is 0 Å². The molecular weight excluding hydrogens is 470 g/mol. The smallest absolute Gasteiger partial charge is 0.322 e. The summed E-state index contributed by atoms with van der Waals surface area (Å²) in [5, 5.41) is 7.52. The van der Waals surface area contributed by atoms with Gasteiger partial charge in [0.1, 0.15) is 5.54 Å². The minimum Gasteiger partial charge on any atom is -0.348 e. The number of urea groups is 1. The standard InChI is InChI=1S/C25H19N3O6S/c1-25(23(31)27-24(32)28-25)16-6-4-5-14(11-16)13-26-22(30)15-9-10-18-20(12-15)35(33,34)19-8-3-2-7-17(19)21(18)29/h2-12H,13H2,1H3,(H,26,30)(H2,27,28,31,32). The Balaban J connectivity index is 1.38. The topological polar surface area (TPSA) is 139 Å². The average Bonchev–Trinajstić information content (AvgIpc) is 3.13. The number of rotatable bonds is 4. The summed E-state index contributed by atoms with van der Waals surface area (Å²) in [6, 6.07) is 16.2. The van der Waals surface area contributed by atoms with Crippen molar-refractivity contribution in [3.63, 3.8) is 0 Å². The lowest BCUT2D eigenvalue weighted by atomic mass is 9.91. The van der Waals surface area contributed by atoms with Crippen LogP contribution >= 0.6 is 0 Å². The molecule has 0 saturated carbocycles. The minimum atomic E-state index is -3.96. The molecule has 4 amide bonds. The van der Waals surface area contributed by atoms with E-state index in [1.54, 1.807) is 43.3 Å². The summed E-state index contributed by atoms with van der Waals surface area (Å²) in [5.74, 6) is -1.42. The van der Waals surface area contributed by atoms with Crippen LogP contribution in [0.1, 0.15) is 44.3 Å². The monoisotopic (exact) mass is 489 g/mol. The quantitative estimate of drug-likeness (QED) is 0.375. The van der Waals surface area contributed by atoms with E-state index in [2.05, 4.69) is 16.0 Å². The molecular formula is C25H19N3O6S. The lowest BCUT2D eigenvalue weighted by Gasteiger charge is -2.21. The highest BCUT2D eigenvalue weighted by Crippen LogP contribution is 2.34. The number of imide groups is 1. The van der Waals surface area contributed by atoms with Gasteiger partial charge in [-0.15, -0.1) is 0 Å². The van der Waals surface area contributed by atoms with Gasteiger partial charge in [0.2, 0.25) is 9.84 Å². The molecule has 2 aliphatic heterocycles. The molecule has 0 radical (unpaired) electrons. The number of hydrogen-bond donors (Lipinski definition) is 3. The molecule has 0 spiro atoms. The summed E-state index contributed by atoms with van der Waals surface area (Å²) in [7, 11) is -3.96. The van der Waals surface area contributed by atoms with Crippen LogP contribution in [-0.2, 0) is 26.7 Å². The van der Waals surface area contributed by atoms with Crippen LogP contribution in [0.2, 0.25) is 0 Å². The first kappa shape index (κ1) is 22.5. The van der Waals surface area contributed by atoms with Gasteiger partial charge < -0.3 is 10.6 Å². The molecule has 1 saturated heterocycles. The number of fused-ring (bicyclic) bond motifs is 2. The molecule has 2 heterocycles. The number of carbonyl (C=O) groups is 4. The first-order valence-electron chi connectivity index (χ1n) is 10.7. The fourth-order valence-electron chi connectivity index (χ4n) is 4.25. The Labute approximate surface area is 200 Å². The minimum absolute atomic E-state index is 0.0260. The van der Waals surface area contributed by atoms with Crippen molar-refractivity contribution in [2.24, 2.45) is 0 Å².